The molecule has 1 fully saturated rings. The maximum atomic E-state index is 13.2. The lowest BCUT2D eigenvalue weighted by atomic mass is 10.1. The van der Waals surface area contributed by atoms with E-state index in [1.165, 1.54) is 12.1 Å². The molecule has 146 valence electrons. The summed E-state index contributed by atoms with van der Waals surface area (Å²) >= 11 is 0. The summed E-state index contributed by atoms with van der Waals surface area (Å²) < 4.78 is 20.2. The largest absolute Gasteiger partial charge is 0.379 e. The maximum Gasteiger partial charge on any atom is 0.272 e. The highest BCUT2D eigenvalue weighted by atomic mass is 19.1. The first-order chi connectivity index (χ1) is 13.6. The Balaban J connectivity index is 1.51. The Morgan fingerprint density at radius 2 is 2.00 bits per heavy atom. The molecule has 0 saturated carbocycles. The summed E-state index contributed by atoms with van der Waals surface area (Å²) in [5, 5.41) is 7.42. The third-order valence-corrected chi connectivity index (χ3v) is 4.74. The molecule has 28 heavy (non-hydrogen) atoms. The van der Waals surface area contributed by atoms with Crippen LogP contribution in [0.15, 0.2) is 42.6 Å². The number of fused-ring (bicyclic) bond motifs is 1. The molecule has 8 heteroatoms. The Hall–Kier alpha value is -2.84. The van der Waals surface area contributed by atoms with Gasteiger partial charge in [-0.2, -0.15) is 5.10 Å². The standard InChI is InChI=1S/C20H22FN5O2/c1-14(13-25-8-10-28-11-9-25)23-20(27)17-12-19-22-7-6-18(26(19)24-17)15-2-4-16(21)5-3-15/h2-7,12,14H,8-11,13H2,1H3,(H,23,27). The van der Waals surface area contributed by atoms with Gasteiger partial charge in [0.1, 0.15) is 5.82 Å². The Morgan fingerprint density at radius 3 is 2.75 bits per heavy atom. The van der Waals surface area contributed by atoms with Gasteiger partial charge in [-0.3, -0.25) is 9.69 Å². The van der Waals surface area contributed by atoms with Gasteiger partial charge in [-0.05, 0) is 37.3 Å². The van der Waals surface area contributed by atoms with Crippen LogP contribution in [0.1, 0.15) is 17.4 Å². The van der Waals surface area contributed by atoms with E-state index in [9.17, 15) is 9.18 Å². The molecule has 2 aromatic heterocycles. The lowest BCUT2D eigenvalue weighted by Gasteiger charge is -2.29. The molecule has 7 nitrogen and oxygen atoms in total. The number of hydrogen-bond donors (Lipinski definition) is 1. The molecule has 0 bridgehead atoms. The number of nitrogens with zero attached hydrogens (tertiary/aromatic N) is 4. The Morgan fingerprint density at radius 1 is 1.25 bits per heavy atom. The number of aromatic nitrogens is 3. The summed E-state index contributed by atoms with van der Waals surface area (Å²) in [6, 6.07) is 9.57. The van der Waals surface area contributed by atoms with Crippen molar-refractivity contribution in [1.82, 2.24) is 24.8 Å². The van der Waals surface area contributed by atoms with E-state index in [-0.39, 0.29) is 17.8 Å². The maximum absolute atomic E-state index is 13.2. The van der Waals surface area contributed by atoms with Crippen LogP contribution >= 0.6 is 0 Å². The minimum absolute atomic E-state index is 0.0139. The van der Waals surface area contributed by atoms with Crippen LogP contribution < -0.4 is 5.32 Å². The van der Waals surface area contributed by atoms with Crippen molar-refractivity contribution < 1.29 is 13.9 Å². The zero-order valence-corrected chi connectivity index (χ0v) is 15.6. The van der Waals surface area contributed by atoms with Crippen molar-refractivity contribution >= 4 is 11.6 Å². The highest BCUT2D eigenvalue weighted by Gasteiger charge is 2.18. The van der Waals surface area contributed by atoms with Crippen molar-refractivity contribution in [1.29, 1.82) is 0 Å². The van der Waals surface area contributed by atoms with Crippen molar-refractivity contribution in [3.8, 4) is 11.3 Å². The van der Waals surface area contributed by atoms with E-state index in [1.807, 2.05) is 6.92 Å². The first-order valence-corrected chi connectivity index (χ1v) is 9.32. The molecule has 1 unspecified atom stereocenters. The third kappa shape index (κ3) is 4.02. The molecule has 1 aliphatic rings. The normalized spacial score (nSPS) is 16.2. The van der Waals surface area contributed by atoms with Gasteiger partial charge in [-0.1, -0.05) is 0 Å². The van der Waals surface area contributed by atoms with Crippen LogP contribution in [0.5, 0.6) is 0 Å². The molecular formula is C20H22FN5O2. The van der Waals surface area contributed by atoms with Gasteiger partial charge in [0.25, 0.3) is 5.91 Å². The van der Waals surface area contributed by atoms with Crippen molar-refractivity contribution in [2.45, 2.75) is 13.0 Å². The van der Waals surface area contributed by atoms with Gasteiger partial charge in [0.05, 0.1) is 18.9 Å². The SMILES string of the molecule is CC(CN1CCOCC1)NC(=O)c1cc2nccc(-c3ccc(F)cc3)n2n1. The molecule has 0 aliphatic carbocycles. The highest BCUT2D eigenvalue weighted by Crippen LogP contribution is 2.20. The number of hydrogen-bond acceptors (Lipinski definition) is 5. The second-order valence-electron chi connectivity index (χ2n) is 6.92. The minimum Gasteiger partial charge on any atom is -0.379 e. The fraction of sp³-hybridized carbons (Fsp3) is 0.350. The lowest BCUT2D eigenvalue weighted by molar-refractivity contribution is 0.0342. The number of halogens is 1. The molecule has 0 radical (unpaired) electrons. The van der Waals surface area contributed by atoms with Gasteiger partial charge in [-0.15, -0.1) is 0 Å². The molecule has 3 heterocycles. The Bertz CT molecular complexity index is 966. The summed E-state index contributed by atoms with van der Waals surface area (Å²) in [5.41, 5.74) is 2.40. The molecular weight excluding hydrogens is 361 g/mol. The highest BCUT2D eigenvalue weighted by molar-refractivity contribution is 5.93. The molecule has 1 atom stereocenters. The van der Waals surface area contributed by atoms with E-state index < -0.39 is 0 Å². The number of rotatable bonds is 5. The van der Waals surface area contributed by atoms with E-state index in [0.29, 0.717) is 11.3 Å². The number of ether oxygens (including phenoxy) is 1. The summed E-state index contributed by atoms with van der Waals surface area (Å²) in [7, 11) is 0. The first-order valence-electron chi connectivity index (χ1n) is 9.32. The molecule has 4 rings (SSSR count). The molecule has 1 amide bonds. The van der Waals surface area contributed by atoms with Gasteiger partial charge < -0.3 is 10.1 Å². The van der Waals surface area contributed by atoms with E-state index >= 15 is 0 Å². The summed E-state index contributed by atoms with van der Waals surface area (Å²) in [6.07, 6.45) is 1.65. The smallest absolute Gasteiger partial charge is 0.272 e. The molecule has 3 aromatic rings. The number of morpholine rings is 1. The van der Waals surface area contributed by atoms with Gasteiger partial charge in [-0.25, -0.2) is 13.9 Å². The van der Waals surface area contributed by atoms with E-state index in [1.54, 1.807) is 35.0 Å². The van der Waals surface area contributed by atoms with Crippen LogP contribution in [0.25, 0.3) is 16.9 Å². The zero-order chi connectivity index (χ0) is 19.5. The van der Waals surface area contributed by atoms with Gasteiger partial charge in [0.2, 0.25) is 0 Å². The Kier molecular flexibility index (Phi) is 5.31. The zero-order valence-electron chi connectivity index (χ0n) is 15.6. The lowest BCUT2D eigenvalue weighted by Crippen LogP contribution is -2.46. The number of carbonyl (C=O) groups excluding carboxylic acids is 1. The quantitative estimate of drug-likeness (QED) is 0.730. The van der Waals surface area contributed by atoms with Crippen molar-refractivity contribution in [2.75, 3.05) is 32.8 Å². The second-order valence-corrected chi connectivity index (χ2v) is 6.92. The van der Waals surface area contributed by atoms with E-state index in [4.69, 9.17) is 4.74 Å². The van der Waals surface area contributed by atoms with E-state index in [0.717, 1.165) is 44.1 Å². The predicted octanol–water partition coefficient (Wildman–Crippen LogP) is 1.99. The Labute approximate surface area is 162 Å². The fourth-order valence-electron chi connectivity index (χ4n) is 3.36. The van der Waals surface area contributed by atoms with Crippen molar-refractivity contribution in [2.24, 2.45) is 0 Å². The average Bonchev–Trinajstić information content (AvgIpc) is 3.14. The monoisotopic (exact) mass is 383 g/mol. The van der Waals surface area contributed by atoms with Gasteiger partial charge in [0, 0.05) is 43.5 Å². The van der Waals surface area contributed by atoms with Crippen LogP contribution in [-0.2, 0) is 4.74 Å². The van der Waals surface area contributed by atoms with Crippen LogP contribution in [0.4, 0.5) is 4.39 Å². The topological polar surface area (TPSA) is 71.8 Å². The fourth-order valence-corrected chi connectivity index (χ4v) is 3.36. The van der Waals surface area contributed by atoms with Gasteiger partial charge >= 0.3 is 0 Å². The van der Waals surface area contributed by atoms with Crippen molar-refractivity contribution in [3.05, 3.63) is 54.1 Å². The summed E-state index contributed by atoms with van der Waals surface area (Å²) in [5.74, 6) is -0.542. The number of carbonyl (C=O) groups is 1. The van der Waals surface area contributed by atoms with Crippen molar-refractivity contribution in [3.63, 3.8) is 0 Å². The van der Waals surface area contributed by atoms with Crippen LogP contribution in [0.2, 0.25) is 0 Å². The molecule has 1 aromatic carbocycles. The van der Waals surface area contributed by atoms with Crippen LogP contribution in [0.3, 0.4) is 0 Å². The number of nitrogens with one attached hydrogen (secondary N) is 1. The number of amides is 1. The summed E-state index contributed by atoms with van der Waals surface area (Å²) in [6.45, 7) is 5.95. The molecule has 1 N–H and O–H groups in total. The molecule has 1 saturated heterocycles. The van der Waals surface area contributed by atoms with E-state index in [2.05, 4.69) is 20.3 Å². The average molecular weight is 383 g/mol. The van der Waals surface area contributed by atoms with Crippen LogP contribution in [-0.4, -0.2) is 64.3 Å². The molecule has 1 aliphatic heterocycles. The first kappa shape index (κ1) is 18.5. The molecule has 0 spiro atoms. The second kappa shape index (κ2) is 8.04. The number of benzene rings is 1. The predicted molar refractivity (Wildman–Crippen MR) is 103 cm³/mol. The minimum atomic E-state index is -0.302. The summed E-state index contributed by atoms with van der Waals surface area (Å²) in [4.78, 5) is 19.2. The van der Waals surface area contributed by atoms with Gasteiger partial charge in [0.15, 0.2) is 11.3 Å². The van der Waals surface area contributed by atoms with Crippen LogP contribution in [0, 0.1) is 5.82 Å². The third-order valence-electron chi connectivity index (χ3n) is 4.74.